The van der Waals surface area contributed by atoms with Crippen molar-refractivity contribution < 1.29 is 27.9 Å². The number of nitrogens with one attached hydrogen (secondary N) is 1. The second-order valence-electron chi connectivity index (χ2n) is 5.08. The van der Waals surface area contributed by atoms with E-state index in [0.29, 0.717) is 5.69 Å². The van der Waals surface area contributed by atoms with Crippen LogP contribution in [0.15, 0.2) is 42.5 Å². The first-order valence-electron chi connectivity index (χ1n) is 7.15. The molecule has 2 aromatic rings. The van der Waals surface area contributed by atoms with Gasteiger partial charge in [-0.2, -0.15) is 0 Å². The van der Waals surface area contributed by atoms with Crippen LogP contribution < -0.4 is 11.1 Å². The smallest absolute Gasteiger partial charge is 0.344 e. The minimum absolute atomic E-state index is 0.257. The van der Waals surface area contributed by atoms with Gasteiger partial charge in [-0.3, -0.25) is 9.59 Å². The summed E-state index contributed by atoms with van der Waals surface area (Å²) in [4.78, 5) is 34.8. The average molecular weight is 348 g/mol. The Morgan fingerprint density at radius 2 is 1.60 bits per heavy atom. The van der Waals surface area contributed by atoms with Crippen molar-refractivity contribution in [2.75, 3.05) is 5.32 Å². The summed E-state index contributed by atoms with van der Waals surface area (Å²) in [5, 5.41) is 2.44. The minimum Gasteiger partial charge on any atom is -0.449 e. The van der Waals surface area contributed by atoms with Crippen molar-refractivity contribution in [2.45, 2.75) is 13.0 Å². The Morgan fingerprint density at radius 3 is 2.12 bits per heavy atom. The van der Waals surface area contributed by atoms with E-state index in [2.05, 4.69) is 5.32 Å². The summed E-state index contributed by atoms with van der Waals surface area (Å²) in [5.41, 5.74) is 4.82. The van der Waals surface area contributed by atoms with E-state index in [1.165, 1.54) is 31.2 Å². The molecule has 2 amide bonds. The van der Waals surface area contributed by atoms with Crippen LogP contribution in [0.1, 0.15) is 27.6 Å². The number of hydrogen-bond acceptors (Lipinski definition) is 4. The molecule has 0 unspecified atom stereocenters. The fourth-order valence-corrected chi connectivity index (χ4v) is 1.93. The van der Waals surface area contributed by atoms with Crippen LogP contribution in [0.3, 0.4) is 0 Å². The standard InChI is InChI=1S/C17H14F2N2O4/c1-9(25-17(24)14-12(18)3-2-4-13(14)19)16(23)21-11-7-5-10(6-8-11)15(20)22/h2-9H,1H3,(H2,20,22)(H,21,23)/t9-/m0/s1. The van der Waals surface area contributed by atoms with Crippen LogP contribution in [0.2, 0.25) is 0 Å². The van der Waals surface area contributed by atoms with E-state index in [4.69, 9.17) is 10.5 Å². The fourth-order valence-electron chi connectivity index (χ4n) is 1.93. The van der Waals surface area contributed by atoms with E-state index in [0.717, 1.165) is 18.2 Å². The molecule has 2 aromatic carbocycles. The van der Waals surface area contributed by atoms with Gasteiger partial charge in [0.15, 0.2) is 6.10 Å². The van der Waals surface area contributed by atoms with Gasteiger partial charge in [-0.1, -0.05) is 6.07 Å². The summed E-state index contributed by atoms with van der Waals surface area (Å²) in [6, 6.07) is 8.60. The maximum Gasteiger partial charge on any atom is 0.344 e. The molecule has 130 valence electrons. The number of hydrogen-bond donors (Lipinski definition) is 2. The Balaban J connectivity index is 2.02. The van der Waals surface area contributed by atoms with Gasteiger partial charge in [0.1, 0.15) is 17.2 Å². The van der Waals surface area contributed by atoms with Gasteiger partial charge in [0.2, 0.25) is 5.91 Å². The topological polar surface area (TPSA) is 98.5 Å². The van der Waals surface area contributed by atoms with E-state index in [1.807, 2.05) is 0 Å². The Kier molecular flexibility index (Phi) is 5.43. The molecule has 0 heterocycles. The lowest BCUT2D eigenvalue weighted by atomic mass is 10.2. The number of carbonyl (C=O) groups is 3. The van der Waals surface area contributed by atoms with E-state index in [1.54, 1.807) is 0 Å². The van der Waals surface area contributed by atoms with Gasteiger partial charge in [-0.15, -0.1) is 0 Å². The van der Waals surface area contributed by atoms with Crippen molar-refractivity contribution in [1.82, 2.24) is 0 Å². The molecule has 0 radical (unpaired) electrons. The first-order chi connectivity index (χ1) is 11.8. The maximum atomic E-state index is 13.5. The molecule has 0 saturated carbocycles. The van der Waals surface area contributed by atoms with Gasteiger partial charge in [0, 0.05) is 11.3 Å². The zero-order valence-electron chi connectivity index (χ0n) is 13.1. The number of anilines is 1. The lowest BCUT2D eigenvalue weighted by molar-refractivity contribution is -0.123. The van der Waals surface area contributed by atoms with Gasteiger partial charge < -0.3 is 15.8 Å². The van der Waals surface area contributed by atoms with Crippen LogP contribution in [0, 0.1) is 11.6 Å². The average Bonchev–Trinajstić information content (AvgIpc) is 2.55. The van der Waals surface area contributed by atoms with Crippen molar-refractivity contribution in [3.05, 3.63) is 65.2 Å². The zero-order chi connectivity index (χ0) is 18.6. The molecular formula is C17H14F2N2O4. The molecule has 0 aliphatic carbocycles. The summed E-state index contributed by atoms with van der Waals surface area (Å²) in [6.45, 7) is 1.25. The molecular weight excluding hydrogens is 334 g/mol. The van der Waals surface area contributed by atoms with Crippen LogP contribution in [0.5, 0.6) is 0 Å². The van der Waals surface area contributed by atoms with Gasteiger partial charge in [-0.05, 0) is 43.3 Å². The van der Waals surface area contributed by atoms with Crippen molar-refractivity contribution in [1.29, 1.82) is 0 Å². The van der Waals surface area contributed by atoms with Gasteiger partial charge >= 0.3 is 5.97 Å². The number of carbonyl (C=O) groups excluding carboxylic acids is 3. The van der Waals surface area contributed by atoms with E-state index < -0.39 is 41.1 Å². The van der Waals surface area contributed by atoms with Gasteiger partial charge in [0.05, 0.1) is 0 Å². The molecule has 6 nitrogen and oxygen atoms in total. The number of halogens is 2. The third kappa shape index (κ3) is 4.37. The van der Waals surface area contributed by atoms with E-state index >= 15 is 0 Å². The zero-order valence-corrected chi connectivity index (χ0v) is 13.1. The lowest BCUT2D eigenvalue weighted by Gasteiger charge is -2.14. The number of primary amides is 1. The van der Waals surface area contributed by atoms with Gasteiger partial charge in [0.25, 0.3) is 5.91 Å². The first-order valence-corrected chi connectivity index (χ1v) is 7.15. The molecule has 3 N–H and O–H groups in total. The second-order valence-corrected chi connectivity index (χ2v) is 5.08. The number of benzene rings is 2. The van der Waals surface area contributed by atoms with Crippen LogP contribution in [-0.4, -0.2) is 23.9 Å². The lowest BCUT2D eigenvalue weighted by Crippen LogP contribution is -2.30. The highest BCUT2D eigenvalue weighted by molar-refractivity contribution is 5.98. The summed E-state index contributed by atoms with van der Waals surface area (Å²) in [7, 11) is 0. The van der Waals surface area contributed by atoms with Crippen LogP contribution in [-0.2, 0) is 9.53 Å². The number of rotatable bonds is 5. The molecule has 2 rings (SSSR count). The quantitative estimate of drug-likeness (QED) is 0.810. The Labute approximate surface area is 141 Å². The van der Waals surface area contributed by atoms with Crippen LogP contribution in [0.4, 0.5) is 14.5 Å². The van der Waals surface area contributed by atoms with Crippen molar-refractivity contribution in [3.8, 4) is 0 Å². The molecule has 1 atom stereocenters. The summed E-state index contributed by atoms with van der Waals surface area (Å²) in [5.74, 6) is -4.79. The SMILES string of the molecule is C[C@H](OC(=O)c1c(F)cccc1F)C(=O)Nc1ccc(C(N)=O)cc1. The normalized spacial score (nSPS) is 11.5. The molecule has 0 spiro atoms. The van der Waals surface area contributed by atoms with Gasteiger partial charge in [-0.25, -0.2) is 13.6 Å². The highest BCUT2D eigenvalue weighted by Crippen LogP contribution is 2.15. The second kappa shape index (κ2) is 7.52. The van der Waals surface area contributed by atoms with E-state index in [-0.39, 0.29) is 5.56 Å². The van der Waals surface area contributed by atoms with E-state index in [9.17, 15) is 23.2 Å². The van der Waals surface area contributed by atoms with Crippen LogP contribution in [0.25, 0.3) is 0 Å². The minimum atomic E-state index is -1.30. The third-order valence-corrected chi connectivity index (χ3v) is 3.26. The summed E-state index contributed by atoms with van der Waals surface area (Å²) < 4.78 is 31.8. The Morgan fingerprint density at radius 1 is 1.04 bits per heavy atom. The molecule has 0 aliphatic heterocycles. The molecule has 8 heteroatoms. The summed E-state index contributed by atoms with van der Waals surface area (Å²) in [6.07, 6.45) is -1.30. The summed E-state index contributed by atoms with van der Waals surface area (Å²) >= 11 is 0. The monoisotopic (exact) mass is 348 g/mol. The highest BCUT2D eigenvalue weighted by atomic mass is 19.1. The molecule has 0 fully saturated rings. The maximum absolute atomic E-state index is 13.5. The molecule has 0 aliphatic rings. The molecule has 0 aromatic heterocycles. The van der Waals surface area contributed by atoms with Crippen LogP contribution >= 0.6 is 0 Å². The molecule has 0 saturated heterocycles. The largest absolute Gasteiger partial charge is 0.449 e. The van der Waals surface area contributed by atoms with Crippen molar-refractivity contribution >= 4 is 23.5 Å². The molecule has 25 heavy (non-hydrogen) atoms. The fraction of sp³-hybridized carbons (Fsp3) is 0.118. The number of ether oxygens (including phenoxy) is 1. The third-order valence-electron chi connectivity index (χ3n) is 3.26. The highest BCUT2D eigenvalue weighted by Gasteiger charge is 2.24. The predicted octanol–water partition coefficient (Wildman–Crippen LogP) is 2.25. The Bertz CT molecular complexity index is 802. The van der Waals surface area contributed by atoms with Crippen molar-refractivity contribution in [2.24, 2.45) is 5.73 Å². The number of esters is 1. The first kappa shape index (κ1) is 18.1. The molecule has 0 bridgehead atoms. The van der Waals surface area contributed by atoms with Crippen molar-refractivity contribution in [3.63, 3.8) is 0 Å². The Hall–Kier alpha value is -3.29. The number of amides is 2. The predicted molar refractivity (Wildman–Crippen MR) is 84.8 cm³/mol. The number of nitrogens with two attached hydrogens (primary N) is 1.